The van der Waals surface area contributed by atoms with Gasteiger partial charge in [-0.2, -0.15) is 5.26 Å². The Morgan fingerprint density at radius 2 is 1.88 bits per heavy atom. The van der Waals surface area contributed by atoms with Gasteiger partial charge in [0.2, 0.25) is 5.78 Å². The minimum atomic E-state index is -0.690. The van der Waals surface area contributed by atoms with Crippen LogP contribution < -0.4 is 14.2 Å². The Morgan fingerprint density at radius 1 is 1.17 bits per heavy atom. The normalized spacial score (nSPS) is 11.2. The SMILES string of the molecule is CCOc1ccc(C(=O)[C@H](C)Oc2ccc(C#N)cc2OC)cc1. The van der Waals surface area contributed by atoms with E-state index in [4.69, 9.17) is 19.5 Å². The van der Waals surface area contributed by atoms with Gasteiger partial charge in [-0.25, -0.2) is 0 Å². The van der Waals surface area contributed by atoms with Gasteiger partial charge in [-0.3, -0.25) is 4.79 Å². The van der Waals surface area contributed by atoms with Crippen molar-refractivity contribution in [2.45, 2.75) is 20.0 Å². The first-order valence-electron chi connectivity index (χ1n) is 7.61. The van der Waals surface area contributed by atoms with Gasteiger partial charge >= 0.3 is 0 Å². The van der Waals surface area contributed by atoms with Crippen molar-refractivity contribution in [2.75, 3.05) is 13.7 Å². The number of carbonyl (C=O) groups excluding carboxylic acids is 1. The van der Waals surface area contributed by atoms with Crippen LogP contribution in [0.2, 0.25) is 0 Å². The van der Waals surface area contributed by atoms with E-state index < -0.39 is 6.10 Å². The second-order valence-electron chi connectivity index (χ2n) is 5.06. The minimum absolute atomic E-state index is 0.149. The summed E-state index contributed by atoms with van der Waals surface area (Å²) >= 11 is 0. The Labute approximate surface area is 141 Å². The molecule has 0 aliphatic carbocycles. The summed E-state index contributed by atoms with van der Waals surface area (Å²) in [6.45, 7) is 4.15. The molecule has 0 heterocycles. The third-order valence-electron chi connectivity index (χ3n) is 3.42. The van der Waals surface area contributed by atoms with E-state index in [2.05, 4.69) is 0 Å². The fraction of sp³-hybridized carbons (Fsp3) is 0.263. The predicted octanol–water partition coefficient (Wildman–Crippen LogP) is 3.62. The first-order chi connectivity index (χ1) is 11.6. The van der Waals surface area contributed by atoms with E-state index in [9.17, 15) is 4.79 Å². The molecule has 0 aliphatic heterocycles. The molecule has 124 valence electrons. The van der Waals surface area contributed by atoms with Crippen molar-refractivity contribution in [3.8, 4) is 23.3 Å². The average Bonchev–Trinajstić information content (AvgIpc) is 2.62. The van der Waals surface area contributed by atoms with Crippen molar-refractivity contribution in [2.24, 2.45) is 0 Å². The molecular formula is C19H19NO4. The highest BCUT2D eigenvalue weighted by Gasteiger charge is 2.19. The quantitative estimate of drug-likeness (QED) is 0.727. The van der Waals surface area contributed by atoms with E-state index >= 15 is 0 Å². The van der Waals surface area contributed by atoms with Crippen LogP contribution >= 0.6 is 0 Å². The van der Waals surface area contributed by atoms with Gasteiger partial charge < -0.3 is 14.2 Å². The predicted molar refractivity (Wildman–Crippen MR) is 89.7 cm³/mol. The molecule has 0 saturated heterocycles. The van der Waals surface area contributed by atoms with Crippen LogP contribution in [0, 0.1) is 11.3 Å². The third-order valence-corrected chi connectivity index (χ3v) is 3.42. The highest BCUT2D eigenvalue weighted by molar-refractivity contribution is 5.99. The number of carbonyl (C=O) groups is 1. The highest BCUT2D eigenvalue weighted by atomic mass is 16.5. The maximum Gasteiger partial charge on any atom is 0.203 e. The Kier molecular flexibility index (Phi) is 5.80. The van der Waals surface area contributed by atoms with Crippen molar-refractivity contribution in [3.05, 3.63) is 53.6 Å². The smallest absolute Gasteiger partial charge is 0.203 e. The Morgan fingerprint density at radius 3 is 2.46 bits per heavy atom. The molecule has 5 heteroatoms. The molecule has 5 nitrogen and oxygen atoms in total. The summed E-state index contributed by atoms with van der Waals surface area (Å²) in [5, 5.41) is 8.92. The number of benzene rings is 2. The zero-order valence-corrected chi connectivity index (χ0v) is 13.9. The molecular weight excluding hydrogens is 306 g/mol. The van der Waals surface area contributed by atoms with E-state index in [1.54, 1.807) is 49.4 Å². The Hall–Kier alpha value is -3.00. The summed E-state index contributed by atoms with van der Waals surface area (Å²) in [5.41, 5.74) is 1.00. The molecule has 0 aromatic heterocycles. The largest absolute Gasteiger partial charge is 0.494 e. The molecule has 0 radical (unpaired) electrons. The summed E-state index contributed by atoms with van der Waals surface area (Å²) in [5.74, 6) is 1.41. The van der Waals surface area contributed by atoms with Gasteiger partial charge in [0, 0.05) is 11.6 Å². The van der Waals surface area contributed by atoms with Gasteiger partial charge in [0.05, 0.1) is 25.3 Å². The first kappa shape index (κ1) is 17.4. The zero-order valence-electron chi connectivity index (χ0n) is 13.9. The standard InChI is InChI=1S/C19H19NO4/c1-4-23-16-8-6-15(7-9-16)19(21)13(2)24-17-10-5-14(12-20)11-18(17)22-3/h5-11,13H,4H2,1-3H3/t13-/m0/s1. The second-order valence-corrected chi connectivity index (χ2v) is 5.06. The van der Waals surface area contributed by atoms with Crippen LogP contribution in [0.3, 0.4) is 0 Å². The second kappa shape index (κ2) is 8.02. The maximum atomic E-state index is 12.5. The third kappa shape index (κ3) is 4.05. The van der Waals surface area contributed by atoms with Gasteiger partial charge in [0.1, 0.15) is 5.75 Å². The number of ketones is 1. The van der Waals surface area contributed by atoms with Crippen molar-refractivity contribution >= 4 is 5.78 Å². The monoisotopic (exact) mass is 325 g/mol. The minimum Gasteiger partial charge on any atom is -0.494 e. The number of methoxy groups -OCH3 is 1. The van der Waals surface area contributed by atoms with Crippen LogP contribution in [-0.4, -0.2) is 25.6 Å². The molecule has 0 unspecified atom stereocenters. The summed E-state index contributed by atoms with van der Waals surface area (Å²) in [4.78, 5) is 12.5. The lowest BCUT2D eigenvalue weighted by Gasteiger charge is -2.16. The average molecular weight is 325 g/mol. The molecule has 0 amide bonds. The van der Waals surface area contributed by atoms with Crippen LogP contribution in [0.4, 0.5) is 0 Å². The summed E-state index contributed by atoms with van der Waals surface area (Å²) < 4.78 is 16.3. The lowest BCUT2D eigenvalue weighted by Crippen LogP contribution is -2.24. The number of hydrogen-bond donors (Lipinski definition) is 0. The van der Waals surface area contributed by atoms with Crippen molar-refractivity contribution in [3.63, 3.8) is 0 Å². The van der Waals surface area contributed by atoms with Crippen molar-refractivity contribution in [1.82, 2.24) is 0 Å². The number of ether oxygens (including phenoxy) is 3. The maximum absolute atomic E-state index is 12.5. The number of rotatable bonds is 7. The number of nitriles is 1. The van der Waals surface area contributed by atoms with Gasteiger partial charge in [-0.05, 0) is 50.2 Å². The lowest BCUT2D eigenvalue weighted by atomic mass is 10.1. The van der Waals surface area contributed by atoms with E-state index in [-0.39, 0.29) is 5.78 Å². The Bertz CT molecular complexity index is 747. The fourth-order valence-electron chi connectivity index (χ4n) is 2.20. The molecule has 24 heavy (non-hydrogen) atoms. The van der Waals surface area contributed by atoms with Gasteiger partial charge in [-0.1, -0.05) is 0 Å². The van der Waals surface area contributed by atoms with Crippen LogP contribution in [-0.2, 0) is 0 Å². The van der Waals surface area contributed by atoms with Crippen molar-refractivity contribution in [1.29, 1.82) is 5.26 Å². The van der Waals surface area contributed by atoms with Crippen LogP contribution in [0.25, 0.3) is 0 Å². The number of hydrogen-bond acceptors (Lipinski definition) is 5. The highest BCUT2D eigenvalue weighted by Crippen LogP contribution is 2.29. The van der Waals surface area contributed by atoms with E-state index in [1.165, 1.54) is 7.11 Å². The van der Waals surface area contributed by atoms with Crippen LogP contribution in [0.15, 0.2) is 42.5 Å². The van der Waals surface area contributed by atoms with Crippen LogP contribution in [0.1, 0.15) is 29.8 Å². The zero-order chi connectivity index (χ0) is 17.5. The first-order valence-corrected chi connectivity index (χ1v) is 7.61. The Balaban J connectivity index is 2.13. The van der Waals surface area contributed by atoms with E-state index in [0.29, 0.717) is 29.2 Å². The molecule has 0 saturated carbocycles. The van der Waals surface area contributed by atoms with Gasteiger partial charge in [0.15, 0.2) is 17.6 Å². The molecule has 0 spiro atoms. The summed E-state index contributed by atoms with van der Waals surface area (Å²) in [6.07, 6.45) is -0.690. The molecule has 0 fully saturated rings. The molecule has 2 aromatic rings. The molecule has 2 aromatic carbocycles. The number of nitrogens with zero attached hydrogens (tertiary/aromatic N) is 1. The number of Topliss-reactive ketones (excluding diaryl/α,β-unsaturated/α-hetero) is 1. The van der Waals surface area contributed by atoms with Gasteiger partial charge in [0.25, 0.3) is 0 Å². The van der Waals surface area contributed by atoms with E-state index in [1.807, 2.05) is 13.0 Å². The molecule has 0 bridgehead atoms. The fourth-order valence-corrected chi connectivity index (χ4v) is 2.20. The summed E-state index contributed by atoms with van der Waals surface area (Å²) in [7, 11) is 1.49. The summed E-state index contributed by atoms with van der Waals surface area (Å²) in [6, 6.07) is 13.8. The van der Waals surface area contributed by atoms with E-state index in [0.717, 1.165) is 5.75 Å². The molecule has 0 aliphatic rings. The van der Waals surface area contributed by atoms with Crippen LogP contribution in [0.5, 0.6) is 17.2 Å². The molecule has 1 atom stereocenters. The lowest BCUT2D eigenvalue weighted by molar-refractivity contribution is 0.0814. The molecule has 2 rings (SSSR count). The van der Waals surface area contributed by atoms with Crippen molar-refractivity contribution < 1.29 is 19.0 Å². The van der Waals surface area contributed by atoms with Gasteiger partial charge in [-0.15, -0.1) is 0 Å². The topological polar surface area (TPSA) is 68.5 Å². The molecule has 0 N–H and O–H groups in total.